The van der Waals surface area contributed by atoms with Crippen LogP contribution in [0.3, 0.4) is 0 Å². The summed E-state index contributed by atoms with van der Waals surface area (Å²) in [6, 6.07) is 0. The van der Waals surface area contributed by atoms with Crippen molar-refractivity contribution in [3.8, 4) is 0 Å². The van der Waals surface area contributed by atoms with Crippen molar-refractivity contribution >= 4 is 11.9 Å². The molecule has 0 saturated carbocycles. The lowest BCUT2D eigenvalue weighted by Gasteiger charge is -2.14. The van der Waals surface area contributed by atoms with Crippen LogP contribution in [0.1, 0.15) is 64.7 Å². The Labute approximate surface area is 188 Å². The molecule has 0 aromatic heterocycles. The van der Waals surface area contributed by atoms with Gasteiger partial charge in [-0.15, -0.1) is 6.58 Å². The summed E-state index contributed by atoms with van der Waals surface area (Å²) in [6.07, 6.45) is 26.5. The summed E-state index contributed by atoms with van der Waals surface area (Å²) in [5.74, 6) is -1.16. The summed E-state index contributed by atoms with van der Waals surface area (Å²) in [5.41, 5.74) is 0. The first kappa shape index (κ1) is 28.6. The second kappa shape index (κ2) is 22.3. The van der Waals surface area contributed by atoms with Crippen molar-refractivity contribution in [1.82, 2.24) is 0 Å². The van der Waals surface area contributed by atoms with Crippen molar-refractivity contribution < 1.29 is 23.8 Å². The third-order valence-corrected chi connectivity index (χ3v) is 4.25. The zero-order valence-electron chi connectivity index (χ0n) is 19.3. The summed E-state index contributed by atoms with van der Waals surface area (Å²) in [7, 11) is 1.27. The number of ether oxygens (including phenoxy) is 3. The van der Waals surface area contributed by atoms with Crippen LogP contribution in [0.2, 0.25) is 0 Å². The fraction of sp³-hybridized carbons (Fsp3) is 0.538. The van der Waals surface area contributed by atoms with Gasteiger partial charge in [0.2, 0.25) is 0 Å². The number of rotatable bonds is 19. The first-order valence-electron chi connectivity index (χ1n) is 11.2. The molecule has 0 radical (unpaired) electrons. The highest BCUT2D eigenvalue weighted by Gasteiger charge is 2.22. The number of esters is 2. The van der Waals surface area contributed by atoms with Gasteiger partial charge in [-0.2, -0.15) is 0 Å². The summed E-state index contributed by atoms with van der Waals surface area (Å²) >= 11 is 0. The molecule has 5 heteroatoms. The van der Waals surface area contributed by atoms with Crippen LogP contribution in [-0.4, -0.2) is 38.4 Å². The molecule has 0 fully saturated rings. The van der Waals surface area contributed by atoms with Crippen LogP contribution in [0, 0.1) is 0 Å². The van der Waals surface area contributed by atoms with Gasteiger partial charge < -0.3 is 14.2 Å². The van der Waals surface area contributed by atoms with E-state index in [1.165, 1.54) is 38.9 Å². The standard InChI is InChI=1S/C26H40O5/c1-4-6-7-8-9-10-11-12-13-14-15-16-17-18-19-20-21-24(26(28)29-3)31-25(27)23-30-22-5-2/h5,9-10,12-13,15-16,18-19,24H,2,4,6-8,11,14,17,20-23H2,1,3H3/t24-/m0/s1. The van der Waals surface area contributed by atoms with Crippen LogP contribution in [-0.2, 0) is 23.8 Å². The van der Waals surface area contributed by atoms with Gasteiger partial charge in [0, 0.05) is 0 Å². The molecule has 0 aliphatic heterocycles. The summed E-state index contributed by atoms with van der Waals surface area (Å²) in [4.78, 5) is 23.5. The van der Waals surface area contributed by atoms with E-state index in [1.807, 2.05) is 12.2 Å². The highest BCUT2D eigenvalue weighted by atomic mass is 16.6. The Hall–Kier alpha value is -2.40. The Morgan fingerprint density at radius 3 is 2.00 bits per heavy atom. The Morgan fingerprint density at radius 2 is 1.45 bits per heavy atom. The molecule has 0 aliphatic carbocycles. The number of carbonyl (C=O) groups is 2. The maximum absolute atomic E-state index is 11.8. The van der Waals surface area contributed by atoms with Crippen molar-refractivity contribution in [3.63, 3.8) is 0 Å². The van der Waals surface area contributed by atoms with Crippen molar-refractivity contribution in [2.45, 2.75) is 70.8 Å². The van der Waals surface area contributed by atoms with Crippen LogP contribution >= 0.6 is 0 Å². The van der Waals surface area contributed by atoms with E-state index in [2.05, 4.69) is 50.0 Å². The molecule has 0 unspecified atom stereocenters. The number of hydrogen-bond donors (Lipinski definition) is 0. The average Bonchev–Trinajstić information content (AvgIpc) is 2.77. The summed E-state index contributed by atoms with van der Waals surface area (Å²) in [6.45, 7) is 5.75. The number of carbonyl (C=O) groups excluding carboxylic acids is 2. The SMILES string of the molecule is C=CCOCC(=O)O[C@@H](CCC=CCC=CCC=CCC=CCCCCC)C(=O)OC. The van der Waals surface area contributed by atoms with Crippen molar-refractivity contribution in [3.05, 3.63) is 61.3 Å². The molecule has 0 amide bonds. The van der Waals surface area contributed by atoms with E-state index >= 15 is 0 Å². The van der Waals surface area contributed by atoms with E-state index in [4.69, 9.17) is 14.2 Å². The number of allylic oxidation sites excluding steroid dienone is 8. The number of methoxy groups -OCH3 is 1. The zero-order valence-corrected chi connectivity index (χ0v) is 19.3. The smallest absolute Gasteiger partial charge is 0.347 e. The lowest BCUT2D eigenvalue weighted by Crippen LogP contribution is -2.30. The average molecular weight is 433 g/mol. The topological polar surface area (TPSA) is 61.8 Å². The van der Waals surface area contributed by atoms with E-state index in [-0.39, 0.29) is 13.2 Å². The van der Waals surface area contributed by atoms with Gasteiger partial charge in [-0.3, -0.25) is 0 Å². The fourth-order valence-corrected chi connectivity index (χ4v) is 2.58. The van der Waals surface area contributed by atoms with Gasteiger partial charge in [0.05, 0.1) is 13.7 Å². The van der Waals surface area contributed by atoms with Crippen LogP contribution in [0.25, 0.3) is 0 Å². The Morgan fingerprint density at radius 1 is 0.871 bits per heavy atom. The normalized spacial score (nSPS) is 12.8. The summed E-state index contributed by atoms with van der Waals surface area (Å²) in [5, 5.41) is 0. The number of hydrogen-bond acceptors (Lipinski definition) is 5. The third kappa shape index (κ3) is 19.3. The van der Waals surface area contributed by atoms with Gasteiger partial charge in [-0.05, 0) is 44.9 Å². The van der Waals surface area contributed by atoms with Gasteiger partial charge in [-0.25, -0.2) is 9.59 Å². The fourth-order valence-electron chi connectivity index (χ4n) is 2.58. The van der Waals surface area contributed by atoms with E-state index in [0.717, 1.165) is 19.3 Å². The molecule has 1 atom stereocenters. The Balaban J connectivity index is 3.97. The molecular weight excluding hydrogens is 392 g/mol. The molecular formula is C26H40O5. The molecule has 0 saturated heterocycles. The van der Waals surface area contributed by atoms with Crippen LogP contribution in [0.5, 0.6) is 0 Å². The largest absolute Gasteiger partial charge is 0.466 e. The van der Waals surface area contributed by atoms with E-state index < -0.39 is 18.0 Å². The van der Waals surface area contributed by atoms with Crippen molar-refractivity contribution in [2.75, 3.05) is 20.3 Å². The van der Waals surface area contributed by atoms with Crippen LogP contribution < -0.4 is 0 Å². The summed E-state index contributed by atoms with van der Waals surface area (Å²) < 4.78 is 14.9. The first-order valence-corrected chi connectivity index (χ1v) is 11.2. The van der Waals surface area contributed by atoms with Crippen molar-refractivity contribution in [2.24, 2.45) is 0 Å². The third-order valence-electron chi connectivity index (χ3n) is 4.25. The monoisotopic (exact) mass is 432 g/mol. The zero-order chi connectivity index (χ0) is 23.0. The highest BCUT2D eigenvalue weighted by Crippen LogP contribution is 2.07. The Kier molecular flexibility index (Phi) is 20.6. The molecule has 5 nitrogen and oxygen atoms in total. The van der Waals surface area contributed by atoms with Crippen LogP contribution in [0.15, 0.2) is 61.3 Å². The molecule has 0 aliphatic rings. The quantitative estimate of drug-likeness (QED) is 0.142. The predicted molar refractivity (Wildman–Crippen MR) is 127 cm³/mol. The van der Waals surface area contributed by atoms with Crippen molar-refractivity contribution in [1.29, 1.82) is 0 Å². The number of unbranched alkanes of at least 4 members (excludes halogenated alkanes) is 3. The maximum Gasteiger partial charge on any atom is 0.347 e. The van der Waals surface area contributed by atoms with E-state index in [1.54, 1.807) is 0 Å². The van der Waals surface area contributed by atoms with Crippen LogP contribution in [0.4, 0.5) is 0 Å². The second-order valence-electron chi connectivity index (χ2n) is 6.97. The molecule has 0 bridgehead atoms. The molecule has 31 heavy (non-hydrogen) atoms. The van der Waals surface area contributed by atoms with Gasteiger partial charge in [0.1, 0.15) is 6.61 Å². The first-order chi connectivity index (χ1) is 15.2. The molecule has 174 valence electrons. The minimum Gasteiger partial charge on any atom is -0.466 e. The van der Waals surface area contributed by atoms with E-state index in [9.17, 15) is 9.59 Å². The molecule has 0 N–H and O–H groups in total. The Bertz CT molecular complexity index is 587. The van der Waals surface area contributed by atoms with Gasteiger partial charge >= 0.3 is 11.9 Å². The van der Waals surface area contributed by atoms with Gasteiger partial charge in [0.25, 0.3) is 0 Å². The minimum absolute atomic E-state index is 0.218. The molecule has 0 aromatic carbocycles. The minimum atomic E-state index is -0.921. The molecule has 0 rings (SSSR count). The lowest BCUT2D eigenvalue weighted by atomic mass is 10.1. The molecule has 0 aromatic rings. The predicted octanol–water partition coefficient (Wildman–Crippen LogP) is 6.03. The van der Waals surface area contributed by atoms with Gasteiger partial charge in [-0.1, -0.05) is 74.4 Å². The second-order valence-corrected chi connectivity index (χ2v) is 6.97. The molecule has 0 spiro atoms. The lowest BCUT2D eigenvalue weighted by molar-refractivity contribution is -0.169. The highest BCUT2D eigenvalue weighted by molar-refractivity contribution is 5.79. The maximum atomic E-state index is 11.8. The van der Waals surface area contributed by atoms with Gasteiger partial charge in [0.15, 0.2) is 6.10 Å². The molecule has 0 heterocycles. The van der Waals surface area contributed by atoms with E-state index in [0.29, 0.717) is 12.8 Å².